The van der Waals surface area contributed by atoms with Gasteiger partial charge >= 0.3 is 0 Å². The molecule has 3 rings (SSSR count). The van der Waals surface area contributed by atoms with E-state index in [1.807, 2.05) is 6.07 Å². The summed E-state index contributed by atoms with van der Waals surface area (Å²) in [5.74, 6) is 0.00620. The lowest BCUT2D eigenvalue weighted by atomic mass is 9.90. The Hall–Kier alpha value is -2.08. The van der Waals surface area contributed by atoms with Gasteiger partial charge in [0.1, 0.15) is 5.82 Å². The minimum atomic E-state index is -0.330. The summed E-state index contributed by atoms with van der Waals surface area (Å²) in [5.41, 5.74) is 2.10. The van der Waals surface area contributed by atoms with Crippen LogP contribution < -0.4 is 0 Å². The zero-order valence-electron chi connectivity index (χ0n) is 11.9. The number of nitrogens with one attached hydrogen (secondary N) is 1. The summed E-state index contributed by atoms with van der Waals surface area (Å²) in [4.78, 5) is 4.79. The van der Waals surface area contributed by atoms with E-state index in [2.05, 4.69) is 36.0 Å². The molecule has 0 aliphatic carbocycles. The fourth-order valence-corrected chi connectivity index (χ4v) is 2.23. The molecule has 2 aromatic heterocycles. The molecular weight excluding hydrogens is 289 g/mol. The smallest absolute Gasteiger partial charge is 0.284 e. The fourth-order valence-electron chi connectivity index (χ4n) is 2.10. The summed E-state index contributed by atoms with van der Waals surface area (Å²) in [5, 5.41) is 7.28. The van der Waals surface area contributed by atoms with Gasteiger partial charge in [0.25, 0.3) is 4.84 Å². The zero-order chi connectivity index (χ0) is 15.2. The van der Waals surface area contributed by atoms with Gasteiger partial charge in [0, 0.05) is 16.5 Å². The highest BCUT2D eigenvalue weighted by Crippen LogP contribution is 2.32. The van der Waals surface area contributed by atoms with Crippen molar-refractivity contribution in [2.24, 2.45) is 0 Å². The molecule has 0 saturated carbocycles. The lowest BCUT2D eigenvalue weighted by Gasteiger charge is -2.19. The first-order valence-electron chi connectivity index (χ1n) is 6.51. The summed E-state index contributed by atoms with van der Waals surface area (Å²) in [7, 11) is 0. The van der Waals surface area contributed by atoms with Crippen LogP contribution in [0, 0.1) is 10.7 Å². The monoisotopic (exact) mass is 303 g/mol. The number of aromatic amines is 1. The third kappa shape index (κ3) is 2.58. The van der Waals surface area contributed by atoms with Crippen LogP contribution in [0.25, 0.3) is 22.4 Å². The van der Waals surface area contributed by atoms with Gasteiger partial charge in [0.05, 0.1) is 11.1 Å². The maximum Gasteiger partial charge on any atom is 0.284 e. The normalized spacial score (nSPS) is 12.0. The van der Waals surface area contributed by atoms with Crippen LogP contribution in [0.3, 0.4) is 0 Å². The summed E-state index contributed by atoms with van der Waals surface area (Å²) < 4.78 is 18.9. The number of aromatic nitrogens is 3. The predicted octanol–water partition coefficient (Wildman–Crippen LogP) is 4.38. The number of nitrogens with zero attached hydrogens (tertiary/aromatic N) is 2. The molecule has 0 fully saturated rings. The van der Waals surface area contributed by atoms with Crippen molar-refractivity contribution in [3.8, 4) is 11.5 Å². The van der Waals surface area contributed by atoms with Gasteiger partial charge in [-0.25, -0.2) is 9.49 Å². The van der Waals surface area contributed by atoms with Crippen molar-refractivity contribution in [3.05, 3.63) is 40.6 Å². The lowest BCUT2D eigenvalue weighted by Crippen LogP contribution is -2.13. The second kappa shape index (κ2) is 4.73. The van der Waals surface area contributed by atoms with Gasteiger partial charge in [-0.3, -0.25) is 4.98 Å². The molecule has 0 unspecified atom stereocenters. The van der Waals surface area contributed by atoms with Crippen molar-refractivity contribution < 1.29 is 8.81 Å². The molecule has 0 aliphatic heterocycles. The van der Waals surface area contributed by atoms with Crippen LogP contribution in [0.1, 0.15) is 26.5 Å². The standard InChI is InChI=1S/C15H14FN3OS/c1-15(2,3)12-7-10(13-18-19-14(21)20-13)9-6-8(16)4-5-11(9)17-12/h4-7H,1-3H3,(H,19,21). The molecule has 108 valence electrons. The quantitative estimate of drug-likeness (QED) is 0.678. The zero-order valence-corrected chi connectivity index (χ0v) is 12.7. The van der Waals surface area contributed by atoms with Crippen LogP contribution >= 0.6 is 12.2 Å². The number of pyridine rings is 1. The van der Waals surface area contributed by atoms with Gasteiger partial charge in [-0.1, -0.05) is 20.8 Å². The average Bonchev–Trinajstić information content (AvgIpc) is 2.83. The van der Waals surface area contributed by atoms with Crippen LogP contribution in [-0.4, -0.2) is 15.2 Å². The maximum atomic E-state index is 13.6. The number of halogens is 1. The number of benzene rings is 1. The highest BCUT2D eigenvalue weighted by atomic mass is 32.1. The van der Waals surface area contributed by atoms with Crippen LogP contribution in [0.2, 0.25) is 0 Å². The highest BCUT2D eigenvalue weighted by Gasteiger charge is 2.20. The Bertz CT molecular complexity index is 876. The second-order valence-corrected chi connectivity index (χ2v) is 6.26. The third-order valence-corrected chi connectivity index (χ3v) is 3.38. The molecule has 0 bridgehead atoms. The molecule has 0 saturated heterocycles. The third-order valence-electron chi connectivity index (χ3n) is 3.21. The molecular formula is C15H14FN3OS. The van der Waals surface area contributed by atoms with Crippen LogP contribution in [0.4, 0.5) is 4.39 Å². The minimum absolute atomic E-state index is 0.148. The van der Waals surface area contributed by atoms with Crippen molar-refractivity contribution in [2.75, 3.05) is 0 Å². The molecule has 1 aromatic carbocycles. The summed E-state index contributed by atoms with van der Waals surface area (Å²) in [6.07, 6.45) is 0. The Balaban J connectivity index is 2.38. The molecule has 0 atom stereocenters. The average molecular weight is 303 g/mol. The van der Waals surface area contributed by atoms with Gasteiger partial charge in [-0.15, -0.1) is 5.10 Å². The molecule has 4 nitrogen and oxygen atoms in total. The Morgan fingerprint density at radius 1 is 1.24 bits per heavy atom. The van der Waals surface area contributed by atoms with Crippen LogP contribution in [0.15, 0.2) is 28.7 Å². The largest absolute Gasteiger partial charge is 0.409 e. The Morgan fingerprint density at radius 2 is 2.00 bits per heavy atom. The van der Waals surface area contributed by atoms with Crippen molar-refractivity contribution in [2.45, 2.75) is 26.2 Å². The number of fused-ring (bicyclic) bond motifs is 1. The van der Waals surface area contributed by atoms with E-state index in [9.17, 15) is 4.39 Å². The van der Waals surface area contributed by atoms with Gasteiger partial charge in [-0.05, 0) is 36.5 Å². The SMILES string of the molecule is CC(C)(C)c1cc(-c2n[nH]c(=S)o2)c2cc(F)ccc2n1. The number of hydrogen-bond donors (Lipinski definition) is 1. The fraction of sp³-hybridized carbons (Fsp3) is 0.267. The van der Waals surface area contributed by atoms with Crippen molar-refractivity contribution >= 4 is 23.1 Å². The molecule has 1 N–H and O–H groups in total. The van der Waals surface area contributed by atoms with E-state index < -0.39 is 0 Å². The first-order chi connectivity index (χ1) is 9.84. The van der Waals surface area contributed by atoms with E-state index in [4.69, 9.17) is 16.6 Å². The Morgan fingerprint density at radius 3 is 2.62 bits per heavy atom. The second-order valence-electron chi connectivity index (χ2n) is 5.88. The van der Waals surface area contributed by atoms with Crippen molar-refractivity contribution in [1.29, 1.82) is 0 Å². The van der Waals surface area contributed by atoms with Crippen LogP contribution in [0.5, 0.6) is 0 Å². The Labute approximate surface area is 126 Å². The van der Waals surface area contributed by atoms with E-state index in [1.165, 1.54) is 12.1 Å². The van der Waals surface area contributed by atoms with Gasteiger partial charge in [0.2, 0.25) is 5.89 Å². The van der Waals surface area contributed by atoms with E-state index >= 15 is 0 Å². The van der Waals surface area contributed by atoms with Gasteiger partial charge in [-0.2, -0.15) is 0 Å². The molecule has 0 amide bonds. The number of H-pyrrole nitrogens is 1. The summed E-state index contributed by atoms with van der Waals surface area (Å²) in [6.45, 7) is 6.19. The highest BCUT2D eigenvalue weighted by molar-refractivity contribution is 7.71. The molecule has 0 aliphatic rings. The molecule has 2 heterocycles. The topological polar surface area (TPSA) is 54.7 Å². The van der Waals surface area contributed by atoms with Crippen LogP contribution in [-0.2, 0) is 5.41 Å². The number of hydrogen-bond acceptors (Lipinski definition) is 4. The molecule has 0 radical (unpaired) electrons. The summed E-state index contributed by atoms with van der Waals surface area (Å²) in [6, 6.07) is 6.35. The Kier molecular flexibility index (Phi) is 3.13. The number of rotatable bonds is 1. The predicted molar refractivity (Wildman–Crippen MR) is 81.1 cm³/mol. The molecule has 0 spiro atoms. The van der Waals surface area contributed by atoms with Crippen molar-refractivity contribution in [1.82, 2.24) is 15.2 Å². The first-order valence-corrected chi connectivity index (χ1v) is 6.92. The minimum Gasteiger partial charge on any atom is -0.409 e. The van der Waals surface area contributed by atoms with Gasteiger partial charge < -0.3 is 4.42 Å². The van der Waals surface area contributed by atoms with Crippen molar-refractivity contribution in [3.63, 3.8) is 0 Å². The van der Waals surface area contributed by atoms with E-state index in [-0.39, 0.29) is 16.1 Å². The molecule has 3 aromatic rings. The molecule has 21 heavy (non-hydrogen) atoms. The van der Waals surface area contributed by atoms with Gasteiger partial charge in [0.15, 0.2) is 0 Å². The maximum absolute atomic E-state index is 13.6. The first kappa shape index (κ1) is 13.9. The van der Waals surface area contributed by atoms with E-state index in [1.54, 1.807) is 6.07 Å². The molecule has 6 heteroatoms. The van der Waals surface area contributed by atoms with E-state index in [0.717, 1.165) is 5.69 Å². The lowest BCUT2D eigenvalue weighted by molar-refractivity contribution is 0.550. The van der Waals surface area contributed by atoms with E-state index in [0.29, 0.717) is 22.4 Å². The summed E-state index contributed by atoms with van der Waals surface area (Å²) >= 11 is 4.91.